The summed E-state index contributed by atoms with van der Waals surface area (Å²) >= 11 is 11.7. The molecule has 0 radical (unpaired) electrons. The number of ether oxygens (including phenoxy) is 12. The molecule has 4 saturated heterocycles. The average molecular weight is 994 g/mol. The standard InChI is InChI=1S/C43H58Cl2N2O20/c1-5-6-7-8-9-13-16-59-42(38(52)56-3)17-27-32(46-40(54)63-27)36(66-42)34(61-24(2)48)26(49)22-60-43(39(53)57-4)18-28-33(47-41(55)64-28)37(67-43)35(65-31(51)20-45)29(62-30(50)19-44)23-58-21-25-14-11-10-12-15-25/h10-12,14-15,26-29,32-37,49H,5-9,13,16-23H2,1-4H3,(H,46,54)(H,47,55)/t26-,27+,28+,29-,32-,33-,34-,35-,36-,37-,42-,43-/m1/s1. The molecule has 24 heteroatoms. The zero-order valence-electron chi connectivity index (χ0n) is 37.5. The Balaban J connectivity index is 1.47. The van der Waals surface area contributed by atoms with E-state index in [1.165, 1.54) is 0 Å². The third-order valence-electron chi connectivity index (χ3n) is 11.4. The SMILES string of the molecule is CCCCCCCCO[C@]1(C(=O)OC)C[C@@H]2OC(=O)N[C@H]2[C@H]([C@H](OC(C)=O)[C@H](O)CO[C@]2(C(=O)OC)C[C@@H]3OC(=O)N[C@H]3[C@H]([C@H](OC(=O)CCl)[C@@H](COCc3ccccc3)OC(=O)CCl)O2)O1. The predicted octanol–water partition coefficient (Wildman–Crippen LogP) is 2.46. The van der Waals surface area contributed by atoms with Crippen LogP contribution in [0.2, 0.25) is 0 Å². The van der Waals surface area contributed by atoms with Crippen molar-refractivity contribution in [3.63, 3.8) is 0 Å². The number of hydrogen-bond acceptors (Lipinski definition) is 20. The third kappa shape index (κ3) is 13.8. The van der Waals surface area contributed by atoms with E-state index in [0.29, 0.717) is 6.42 Å². The van der Waals surface area contributed by atoms with Gasteiger partial charge in [0.2, 0.25) is 0 Å². The van der Waals surface area contributed by atoms with Crippen molar-refractivity contribution < 1.29 is 95.5 Å². The summed E-state index contributed by atoms with van der Waals surface area (Å²) in [6.45, 7) is 1.70. The van der Waals surface area contributed by atoms with Crippen molar-refractivity contribution in [2.24, 2.45) is 0 Å². The normalized spacial score (nSPS) is 28.1. The molecule has 0 aliphatic carbocycles. The second kappa shape index (κ2) is 25.2. The van der Waals surface area contributed by atoms with Gasteiger partial charge in [0.15, 0.2) is 18.3 Å². The number of alkyl carbamates (subject to hydrolysis) is 2. The maximum absolute atomic E-state index is 14.0. The molecule has 1 aromatic carbocycles. The number of aliphatic hydroxyl groups is 1. The number of fused-ring (bicyclic) bond motifs is 2. The summed E-state index contributed by atoms with van der Waals surface area (Å²) in [5.74, 6) is -11.4. The van der Waals surface area contributed by atoms with Crippen molar-refractivity contribution in [2.45, 2.75) is 144 Å². The van der Waals surface area contributed by atoms with Crippen molar-refractivity contribution >= 4 is 65.2 Å². The number of nitrogens with one attached hydrogen (secondary N) is 2. The van der Waals surface area contributed by atoms with Gasteiger partial charge >= 0.3 is 42.0 Å². The monoisotopic (exact) mass is 992 g/mol. The molecule has 4 fully saturated rings. The van der Waals surface area contributed by atoms with E-state index in [2.05, 4.69) is 17.6 Å². The molecule has 0 bridgehead atoms. The number of hydrogen-bond donors (Lipinski definition) is 3. The Morgan fingerprint density at radius 1 is 0.746 bits per heavy atom. The maximum Gasteiger partial charge on any atom is 0.407 e. The lowest BCUT2D eigenvalue weighted by atomic mass is 9.88. The van der Waals surface area contributed by atoms with Crippen LogP contribution in [0.3, 0.4) is 0 Å². The number of amides is 2. The van der Waals surface area contributed by atoms with E-state index in [4.69, 9.17) is 80.0 Å². The highest BCUT2D eigenvalue weighted by molar-refractivity contribution is 6.26. The molecule has 4 aliphatic rings. The van der Waals surface area contributed by atoms with E-state index in [1.54, 1.807) is 30.3 Å². The minimum Gasteiger partial charge on any atom is -0.465 e. The number of unbranched alkanes of at least 4 members (excludes halogenated alkanes) is 5. The minimum atomic E-state index is -2.64. The molecule has 0 saturated carbocycles. The highest BCUT2D eigenvalue weighted by Gasteiger charge is 2.63. The van der Waals surface area contributed by atoms with Crippen molar-refractivity contribution in [3.05, 3.63) is 35.9 Å². The first kappa shape index (κ1) is 53.4. The molecule has 67 heavy (non-hydrogen) atoms. The van der Waals surface area contributed by atoms with Gasteiger partial charge in [0.05, 0.1) is 65.6 Å². The molecule has 1 aromatic rings. The molecule has 5 rings (SSSR count). The number of halogens is 2. The van der Waals surface area contributed by atoms with Crippen LogP contribution in [-0.4, -0.2) is 165 Å². The molecule has 0 aromatic heterocycles. The average Bonchev–Trinajstić information content (AvgIpc) is 3.90. The molecular formula is C43H58Cl2N2O20. The van der Waals surface area contributed by atoms with Crippen molar-refractivity contribution in [1.82, 2.24) is 10.6 Å². The molecule has 3 N–H and O–H groups in total. The molecular weight excluding hydrogens is 935 g/mol. The van der Waals surface area contributed by atoms with Crippen LogP contribution >= 0.6 is 23.2 Å². The number of methoxy groups -OCH3 is 2. The van der Waals surface area contributed by atoms with Crippen LogP contribution in [0, 0.1) is 0 Å². The van der Waals surface area contributed by atoms with Crippen LogP contribution in [0.4, 0.5) is 9.59 Å². The Bertz CT molecular complexity index is 1860. The molecule has 0 unspecified atom stereocenters. The first-order valence-electron chi connectivity index (χ1n) is 21.9. The van der Waals surface area contributed by atoms with Gasteiger partial charge in [-0.2, -0.15) is 0 Å². The summed E-state index contributed by atoms with van der Waals surface area (Å²) in [6, 6.07) is 6.50. The van der Waals surface area contributed by atoms with Gasteiger partial charge < -0.3 is 72.6 Å². The number of esters is 5. The van der Waals surface area contributed by atoms with E-state index < -0.39 is 146 Å². The smallest absolute Gasteiger partial charge is 0.407 e. The van der Waals surface area contributed by atoms with Gasteiger partial charge in [-0.3, -0.25) is 14.4 Å². The first-order valence-corrected chi connectivity index (χ1v) is 22.9. The Morgan fingerprint density at radius 3 is 1.84 bits per heavy atom. The van der Waals surface area contributed by atoms with E-state index in [0.717, 1.165) is 58.8 Å². The molecule has 0 spiro atoms. The Labute approximate surface area is 396 Å². The zero-order valence-corrected chi connectivity index (χ0v) is 39.0. The number of aliphatic hydroxyl groups excluding tert-OH is 1. The highest BCUT2D eigenvalue weighted by Crippen LogP contribution is 2.41. The lowest BCUT2D eigenvalue weighted by Gasteiger charge is -2.47. The summed E-state index contributed by atoms with van der Waals surface area (Å²) in [7, 11) is 2.08. The van der Waals surface area contributed by atoms with E-state index in [1.807, 2.05) is 0 Å². The largest absolute Gasteiger partial charge is 0.465 e. The molecule has 4 heterocycles. The van der Waals surface area contributed by atoms with Crippen LogP contribution in [0.5, 0.6) is 0 Å². The lowest BCUT2D eigenvalue weighted by molar-refractivity contribution is -0.322. The molecule has 2 amide bonds. The van der Waals surface area contributed by atoms with Crippen molar-refractivity contribution in [1.29, 1.82) is 0 Å². The van der Waals surface area contributed by atoms with Gasteiger partial charge in [0, 0.05) is 6.92 Å². The minimum absolute atomic E-state index is 0.00588. The fraction of sp³-hybridized carbons (Fsp3) is 0.698. The summed E-state index contributed by atoms with van der Waals surface area (Å²) in [5.41, 5.74) is 0.724. The number of benzene rings is 1. The summed E-state index contributed by atoms with van der Waals surface area (Å²) in [6.07, 6.45) is -10.3. The second-order valence-corrected chi connectivity index (χ2v) is 16.6. The Kier molecular flexibility index (Phi) is 20.1. The summed E-state index contributed by atoms with van der Waals surface area (Å²) < 4.78 is 68.8. The Hall–Kier alpha value is -4.55. The zero-order chi connectivity index (χ0) is 48.7. The third-order valence-corrected chi connectivity index (χ3v) is 11.8. The van der Waals surface area contributed by atoms with Crippen LogP contribution in [0.25, 0.3) is 0 Å². The lowest BCUT2D eigenvalue weighted by Crippen LogP contribution is -2.67. The van der Waals surface area contributed by atoms with Gasteiger partial charge in [-0.15, -0.1) is 23.2 Å². The second-order valence-electron chi connectivity index (χ2n) is 16.1. The van der Waals surface area contributed by atoms with Crippen LogP contribution in [0.1, 0.15) is 70.8 Å². The van der Waals surface area contributed by atoms with Gasteiger partial charge in [0.1, 0.15) is 42.3 Å². The topological polar surface area (TPSA) is 275 Å². The summed E-state index contributed by atoms with van der Waals surface area (Å²) in [4.78, 5) is 91.5. The van der Waals surface area contributed by atoms with Gasteiger partial charge in [-0.05, 0) is 12.0 Å². The van der Waals surface area contributed by atoms with Gasteiger partial charge in [-0.25, -0.2) is 19.2 Å². The van der Waals surface area contributed by atoms with Crippen LogP contribution in [-0.2, 0) is 87.4 Å². The first-order chi connectivity index (χ1) is 32.1. The molecule has 22 nitrogen and oxygen atoms in total. The quantitative estimate of drug-likeness (QED) is 0.0520. The molecule has 374 valence electrons. The Morgan fingerprint density at radius 2 is 1.28 bits per heavy atom. The molecule has 12 atom stereocenters. The number of carbonyl (C=O) groups excluding carboxylic acids is 7. The summed E-state index contributed by atoms with van der Waals surface area (Å²) in [5, 5.41) is 17.1. The fourth-order valence-corrected chi connectivity index (χ4v) is 8.42. The van der Waals surface area contributed by atoms with Crippen LogP contribution < -0.4 is 10.6 Å². The maximum atomic E-state index is 14.0. The van der Waals surface area contributed by atoms with Crippen molar-refractivity contribution in [3.8, 4) is 0 Å². The van der Waals surface area contributed by atoms with Crippen molar-refractivity contribution in [2.75, 3.05) is 45.8 Å². The van der Waals surface area contributed by atoms with E-state index in [-0.39, 0.29) is 19.6 Å². The van der Waals surface area contributed by atoms with E-state index in [9.17, 15) is 38.7 Å². The highest BCUT2D eigenvalue weighted by atomic mass is 35.5. The fourth-order valence-electron chi connectivity index (χ4n) is 8.30. The van der Waals surface area contributed by atoms with Crippen LogP contribution in [0.15, 0.2) is 30.3 Å². The number of alkyl halides is 2. The molecule has 4 aliphatic heterocycles. The number of carbonyl (C=O) groups is 7. The van der Waals surface area contributed by atoms with E-state index >= 15 is 0 Å². The van der Waals surface area contributed by atoms with Gasteiger partial charge in [-0.1, -0.05) is 69.4 Å². The van der Waals surface area contributed by atoms with Gasteiger partial charge in [0.25, 0.3) is 11.6 Å². The number of rotatable bonds is 26. The predicted molar refractivity (Wildman–Crippen MR) is 227 cm³/mol.